The summed E-state index contributed by atoms with van der Waals surface area (Å²) in [5, 5.41) is 3.79. The van der Waals surface area contributed by atoms with E-state index in [-0.39, 0.29) is 16.9 Å². The molecular formula is C19H23N3O4S. The highest BCUT2D eigenvalue weighted by atomic mass is 32.2. The van der Waals surface area contributed by atoms with Gasteiger partial charge in [0.2, 0.25) is 0 Å². The number of nitrogens with one attached hydrogen (secondary N) is 1. The molecule has 0 aromatic heterocycles. The van der Waals surface area contributed by atoms with Crippen LogP contribution in [0.1, 0.15) is 31.9 Å². The molecule has 0 saturated carbocycles. The Morgan fingerprint density at radius 1 is 1.11 bits per heavy atom. The Labute approximate surface area is 159 Å². The first-order valence-corrected chi connectivity index (χ1v) is 9.73. The summed E-state index contributed by atoms with van der Waals surface area (Å²) < 4.78 is 29.7. The van der Waals surface area contributed by atoms with Crippen LogP contribution in [0.2, 0.25) is 0 Å². The van der Waals surface area contributed by atoms with E-state index in [1.165, 1.54) is 6.21 Å². The van der Waals surface area contributed by atoms with Crippen LogP contribution in [0.3, 0.4) is 0 Å². The number of carbonyl (C=O) groups is 1. The van der Waals surface area contributed by atoms with Crippen molar-refractivity contribution in [2.45, 2.75) is 31.1 Å². The zero-order valence-electron chi connectivity index (χ0n) is 15.5. The maximum absolute atomic E-state index is 12.3. The van der Waals surface area contributed by atoms with Crippen LogP contribution in [0.5, 0.6) is 5.75 Å². The first-order chi connectivity index (χ1) is 12.6. The van der Waals surface area contributed by atoms with Gasteiger partial charge in [0, 0.05) is 0 Å². The van der Waals surface area contributed by atoms with Gasteiger partial charge in [-0.25, -0.2) is 4.83 Å². The average Bonchev–Trinajstić information content (AvgIpc) is 2.60. The Morgan fingerprint density at radius 3 is 2.22 bits per heavy atom. The molecule has 0 aliphatic heterocycles. The number of hydrazone groups is 1. The predicted molar refractivity (Wildman–Crippen MR) is 104 cm³/mol. The van der Waals surface area contributed by atoms with E-state index in [0.717, 1.165) is 5.56 Å². The lowest BCUT2D eigenvalue weighted by Gasteiger charge is -2.19. The number of amides is 1. The van der Waals surface area contributed by atoms with Crippen molar-refractivity contribution < 1.29 is 17.9 Å². The van der Waals surface area contributed by atoms with Crippen LogP contribution in [-0.4, -0.2) is 27.1 Å². The molecule has 0 bridgehead atoms. The second-order valence-electron chi connectivity index (χ2n) is 6.95. The Balaban J connectivity index is 2.01. The topological polar surface area (TPSA) is 111 Å². The van der Waals surface area contributed by atoms with Gasteiger partial charge in [-0.15, -0.1) is 0 Å². The highest BCUT2D eigenvalue weighted by Crippen LogP contribution is 2.23. The van der Waals surface area contributed by atoms with Gasteiger partial charge < -0.3 is 10.5 Å². The molecule has 0 saturated heterocycles. The highest BCUT2D eigenvalue weighted by molar-refractivity contribution is 7.89. The highest BCUT2D eigenvalue weighted by Gasteiger charge is 2.16. The quantitative estimate of drug-likeness (QED) is 0.558. The molecule has 0 heterocycles. The van der Waals surface area contributed by atoms with Gasteiger partial charge in [-0.2, -0.15) is 13.5 Å². The van der Waals surface area contributed by atoms with Crippen molar-refractivity contribution in [3.63, 3.8) is 0 Å². The molecule has 0 unspecified atom stereocenters. The molecule has 2 aromatic carbocycles. The normalized spacial score (nSPS) is 12.1. The number of ether oxygens (including phenoxy) is 1. The van der Waals surface area contributed by atoms with Crippen molar-refractivity contribution in [3.8, 4) is 5.75 Å². The molecule has 0 aliphatic rings. The molecular weight excluding hydrogens is 366 g/mol. The molecule has 144 valence electrons. The zero-order valence-corrected chi connectivity index (χ0v) is 16.3. The van der Waals surface area contributed by atoms with E-state index in [1.807, 2.05) is 0 Å². The predicted octanol–water partition coefficient (Wildman–Crippen LogP) is 2.16. The number of hydrogen-bond donors (Lipinski definition) is 2. The number of benzene rings is 2. The van der Waals surface area contributed by atoms with Crippen molar-refractivity contribution in [2.75, 3.05) is 6.61 Å². The molecule has 0 aliphatic carbocycles. The monoisotopic (exact) mass is 389 g/mol. The Kier molecular flexibility index (Phi) is 6.22. The number of sulfonamides is 1. The number of hydrogen-bond acceptors (Lipinski definition) is 5. The number of primary amides is 1. The lowest BCUT2D eigenvalue weighted by Crippen LogP contribution is -2.20. The van der Waals surface area contributed by atoms with Crippen LogP contribution in [-0.2, 0) is 20.2 Å². The van der Waals surface area contributed by atoms with E-state index in [1.54, 1.807) is 48.5 Å². The SMILES string of the molecule is CC(C)(C)c1ccc(S(=O)(=O)N/N=C\c2ccc(OCC(N)=O)cc2)cc1. The van der Waals surface area contributed by atoms with Crippen molar-refractivity contribution in [2.24, 2.45) is 10.8 Å². The van der Waals surface area contributed by atoms with Crippen molar-refractivity contribution >= 4 is 22.1 Å². The number of rotatable bonds is 7. The fourth-order valence-electron chi connectivity index (χ4n) is 2.16. The van der Waals surface area contributed by atoms with E-state index < -0.39 is 15.9 Å². The van der Waals surface area contributed by atoms with Crippen LogP contribution in [0, 0.1) is 0 Å². The van der Waals surface area contributed by atoms with Gasteiger partial charge in [-0.05, 0) is 52.9 Å². The lowest BCUT2D eigenvalue weighted by atomic mass is 9.87. The van der Waals surface area contributed by atoms with E-state index >= 15 is 0 Å². The molecule has 8 heteroatoms. The maximum atomic E-state index is 12.3. The third kappa shape index (κ3) is 6.10. The lowest BCUT2D eigenvalue weighted by molar-refractivity contribution is -0.119. The van der Waals surface area contributed by atoms with E-state index in [4.69, 9.17) is 10.5 Å². The van der Waals surface area contributed by atoms with Gasteiger partial charge in [0.05, 0.1) is 11.1 Å². The van der Waals surface area contributed by atoms with Crippen LogP contribution in [0.15, 0.2) is 58.5 Å². The first-order valence-electron chi connectivity index (χ1n) is 8.24. The summed E-state index contributed by atoms with van der Waals surface area (Å²) in [6, 6.07) is 13.3. The van der Waals surface area contributed by atoms with Gasteiger partial charge in [-0.3, -0.25) is 4.79 Å². The second kappa shape index (κ2) is 8.22. The number of nitrogens with two attached hydrogens (primary N) is 1. The second-order valence-corrected chi connectivity index (χ2v) is 8.61. The van der Waals surface area contributed by atoms with E-state index in [9.17, 15) is 13.2 Å². The molecule has 0 spiro atoms. The molecule has 0 atom stereocenters. The van der Waals surface area contributed by atoms with Crippen LogP contribution < -0.4 is 15.3 Å². The third-order valence-corrected chi connectivity index (χ3v) is 4.92. The third-order valence-electron chi connectivity index (χ3n) is 3.68. The van der Waals surface area contributed by atoms with Gasteiger partial charge in [-0.1, -0.05) is 32.9 Å². The minimum Gasteiger partial charge on any atom is -0.484 e. The largest absolute Gasteiger partial charge is 0.484 e. The summed E-state index contributed by atoms with van der Waals surface area (Å²) in [6.45, 7) is 5.97. The maximum Gasteiger partial charge on any atom is 0.276 e. The molecule has 0 radical (unpaired) electrons. The molecule has 0 fully saturated rings. The Hall–Kier alpha value is -2.87. The average molecular weight is 389 g/mol. The minimum atomic E-state index is -3.74. The number of nitrogens with zero attached hydrogens (tertiary/aromatic N) is 1. The smallest absolute Gasteiger partial charge is 0.276 e. The molecule has 3 N–H and O–H groups in total. The standard InChI is InChI=1S/C19H23N3O4S/c1-19(2,3)15-6-10-17(11-7-15)27(24,25)22-21-12-14-4-8-16(9-5-14)26-13-18(20)23/h4-12,22H,13H2,1-3H3,(H2,20,23)/b21-12-. The molecule has 7 nitrogen and oxygen atoms in total. The first kappa shape index (κ1) is 20.4. The van der Waals surface area contributed by atoms with Crippen LogP contribution in [0.4, 0.5) is 0 Å². The van der Waals surface area contributed by atoms with Gasteiger partial charge in [0.15, 0.2) is 6.61 Å². The van der Waals surface area contributed by atoms with Gasteiger partial charge in [0.1, 0.15) is 5.75 Å². The van der Waals surface area contributed by atoms with Crippen molar-refractivity contribution in [1.29, 1.82) is 0 Å². The summed E-state index contributed by atoms with van der Waals surface area (Å²) in [7, 11) is -3.74. The van der Waals surface area contributed by atoms with Crippen molar-refractivity contribution in [3.05, 3.63) is 59.7 Å². The summed E-state index contributed by atoms with van der Waals surface area (Å²) in [6.07, 6.45) is 1.37. The summed E-state index contributed by atoms with van der Waals surface area (Å²) in [5.41, 5.74) is 6.65. The minimum absolute atomic E-state index is 0.0544. The Morgan fingerprint density at radius 2 is 1.70 bits per heavy atom. The van der Waals surface area contributed by atoms with Crippen molar-refractivity contribution in [1.82, 2.24) is 4.83 Å². The fraction of sp³-hybridized carbons (Fsp3) is 0.263. The molecule has 2 rings (SSSR count). The summed E-state index contributed by atoms with van der Waals surface area (Å²) in [4.78, 5) is 13.0. The van der Waals surface area contributed by atoms with Crippen LogP contribution in [0.25, 0.3) is 0 Å². The van der Waals surface area contributed by atoms with E-state index in [2.05, 4.69) is 30.7 Å². The fourth-order valence-corrected chi connectivity index (χ4v) is 2.95. The summed E-state index contributed by atoms with van der Waals surface area (Å²) in [5.74, 6) is -0.0870. The molecule has 2 aromatic rings. The zero-order chi connectivity index (χ0) is 20.1. The van der Waals surface area contributed by atoms with Gasteiger partial charge >= 0.3 is 0 Å². The molecule has 27 heavy (non-hydrogen) atoms. The number of carbonyl (C=O) groups excluding carboxylic acids is 1. The van der Waals surface area contributed by atoms with Gasteiger partial charge in [0.25, 0.3) is 15.9 Å². The molecule has 1 amide bonds. The summed E-state index contributed by atoms with van der Waals surface area (Å²) >= 11 is 0. The van der Waals surface area contributed by atoms with Crippen LogP contribution >= 0.6 is 0 Å². The Bertz CT molecular complexity index is 913. The van der Waals surface area contributed by atoms with E-state index in [0.29, 0.717) is 11.3 Å².